The maximum absolute atomic E-state index is 14.5. The highest BCUT2D eigenvalue weighted by Gasteiger charge is 2.49. The fourth-order valence-electron chi connectivity index (χ4n) is 11.9. The van der Waals surface area contributed by atoms with E-state index >= 15 is 0 Å². The smallest absolute Gasteiger partial charge is 0.380 e. The van der Waals surface area contributed by atoms with Gasteiger partial charge in [0.2, 0.25) is 5.91 Å². The largest absolute Gasteiger partial charge is 0.501 e. The van der Waals surface area contributed by atoms with Crippen LogP contribution in [0.4, 0.5) is 35.2 Å². The maximum atomic E-state index is 14.5. The lowest BCUT2D eigenvalue weighted by atomic mass is 9.73. The van der Waals surface area contributed by atoms with Crippen molar-refractivity contribution in [3.8, 4) is 0 Å². The summed E-state index contributed by atoms with van der Waals surface area (Å²) in [5.41, 5.74) is -0.194. The van der Waals surface area contributed by atoms with Crippen molar-refractivity contribution < 1.29 is 44.4 Å². The van der Waals surface area contributed by atoms with Gasteiger partial charge in [0, 0.05) is 123 Å². The molecule has 2 bridgehead atoms. The van der Waals surface area contributed by atoms with Crippen LogP contribution in [0.1, 0.15) is 80.3 Å². The van der Waals surface area contributed by atoms with Crippen LogP contribution in [0.5, 0.6) is 0 Å². The summed E-state index contributed by atoms with van der Waals surface area (Å²) in [6, 6.07) is 29.4. The fourth-order valence-corrected chi connectivity index (χ4v) is 15.0. The number of benzene rings is 4. The third kappa shape index (κ3) is 14.0. The van der Waals surface area contributed by atoms with E-state index in [1.807, 2.05) is 59.3 Å². The van der Waals surface area contributed by atoms with Crippen LogP contribution in [0.2, 0.25) is 5.02 Å². The van der Waals surface area contributed by atoms with Crippen LogP contribution in [0.15, 0.2) is 136 Å². The third-order valence-corrected chi connectivity index (χ3v) is 20.6. The molecular formula is C59H67ClF3N9O7S3. The summed E-state index contributed by atoms with van der Waals surface area (Å²) in [5, 5.41) is 6.12. The molecule has 4 amide bonds. The van der Waals surface area contributed by atoms with E-state index < -0.39 is 58.8 Å². The number of anilines is 3. The van der Waals surface area contributed by atoms with Crippen LogP contribution < -0.4 is 25.2 Å². The molecule has 3 atom stereocenters. The van der Waals surface area contributed by atoms with E-state index in [0.29, 0.717) is 55.3 Å². The molecule has 5 aromatic rings. The van der Waals surface area contributed by atoms with E-state index in [4.69, 9.17) is 11.6 Å². The van der Waals surface area contributed by atoms with Gasteiger partial charge >= 0.3 is 11.5 Å². The molecule has 3 N–H and O–H groups in total. The molecule has 5 aliphatic rings. The summed E-state index contributed by atoms with van der Waals surface area (Å²) in [5.74, 6) is -0.582. The number of carbonyl (C=O) groups is 3. The monoisotopic (exact) mass is 1200 g/mol. The first kappa shape index (κ1) is 59.2. The van der Waals surface area contributed by atoms with Crippen molar-refractivity contribution in [1.82, 2.24) is 29.7 Å². The molecule has 16 nitrogen and oxygen atoms in total. The molecule has 82 heavy (non-hydrogen) atoms. The number of rotatable bonds is 19. The highest BCUT2D eigenvalue weighted by atomic mass is 35.5. The molecule has 4 saturated heterocycles. The van der Waals surface area contributed by atoms with E-state index in [1.165, 1.54) is 45.5 Å². The van der Waals surface area contributed by atoms with Crippen molar-refractivity contribution in [1.29, 1.82) is 0 Å². The van der Waals surface area contributed by atoms with Crippen molar-refractivity contribution in [3.63, 3.8) is 0 Å². The normalized spacial score (nSPS) is 20.7. The number of carbonyl (C=O) groups excluding carboxylic acids is 3. The van der Waals surface area contributed by atoms with Gasteiger partial charge < -0.3 is 15.1 Å². The zero-order valence-corrected chi connectivity index (χ0v) is 48.9. The van der Waals surface area contributed by atoms with Gasteiger partial charge in [0.1, 0.15) is 10.7 Å². The van der Waals surface area contributed by atoms with Crippen LogP contribution in [0.3, 0.4) is 0 Å². The van der Waals surface area contributed by atoms with E-state index in [-0.39, 0.29) is 41.9 Å². The topological polar surface area (TPSA) is 185 Å². The Morgan fingerprint density at radius 3 is 2.23 bits per heavy atom. The molecule has 4 aromatic carbocycles. The number of pyridine rings is 1. The van der Waals surface area contributed by atoms with Gasteiger partial charge in [-0.1, -0.05) is 61.4 Å². The lowest BCUT2D eigenvalue weighted by Gasteiger charge is -2.41. The minimum Gasteiger partial charge on any atom is -0.380 e. The SMILES string of the molecule is CC1(C)CCC(c2ccc(Cl)cc2)=C(CN2CCN(c3ccc(C(=O)NS(=O)(=O)c4ccc(N[C@H](CCN5CC6CCC(C5)N6Cc5ccnc(N6CCC(=O)NC6=O)c5)CSc5ccccc5)c(S(=O)(=O)C(F)(F)F)c4)cc3)CC2)C1. The number of aromatic nitrogens is 1. The number of allylic oxidation sites excluding steroid dienone is 1. The molecule has 10 rings (SSSR count). The van der Waals surface area contributed by atoms with Gasteiger partial charge in [-0.05, 0) is 140 Å². The summed E-state index contributed by atoms with van der Waals surface area (Å²) >= 11 is 7.66. The van der Waals surface area contributed by atoms with Crippen LogP contribution in [0, 0.1) is 5.41 Å². The second kappa shape index (κ2) is 24.7. The Labute approximate surface area is 486 Å². The Balaban J connectivity index is 0.789. The van der Waals surface area contributed by atoms with Gasteiger partial charge in [-0.3, -0.25) is 29.6 Å². The number of nitrogens with one attached hydrogen (secondary N) is 3. The number of halogens is 4. The summed E-state index contributed by atoms with van der Waals surface area (Å²) < 4.78 is 100. The highest BCUT2D eigenvalue weighted by Crippen LogP contribution is 2.43. The number of likely N-dealkylation sites (tertiary alicyclic amines) is 1. The summed E-state index contributed by atoms with van der Waals surface area (Å²) in [6.07, 6.45) is 7.25. The Morgan fingerprint density at radius 1 is 0.841 bits per heavy atom. The molecule has 0 spiro atoms. The summed E-state index contributed by atoms with van der Waals surface area (Å²) in [4.78, 5) is 51.8. The van der Waals surface area contributed by atoms with Gasteiger partial charge in [0.15, 0.2) is 0 Å². The van der Waals surface area contributed by atoms with Crippen molar-refractivity contribution >= 4 is 83.8 Å². The number of alkyl halides is 3. The van der Waals surface area contributed by atoms with E-state index in [1.54, 1.807) is 18.3 Å². The van der Waals surface area contributed by atoms with Gasteiger partial charge in [-0.2, -0.15) is 13.2 Å². The highest BCUT2D eigenvalue weighted by molar-refractivity contribution is 7.99. The number of urea groups is 1. The van der Waals surface area contributed by atoms with Crippen molar-refractivity contribution in [2.75, 3.05) is 79.8 Å². The molecule has 4 fully saturated rings. The second-order valence-corrected chi connectivity index (χ2v) is 27.8. The van der Waals surface area contributed by atoms with Crippen LogP contribution in [0.25, 0.3) is 5.57 Å². The molecule has 436 valence electrons. The summed E-state index contributed by atoms with van der Waals surface area (Å²) in [6.45, 7) is 11.3. The second-order valence-electron chi connectivity index (χ2n) is 22.6. The van der Waals surface area contributed by atoms with Crippen LogP contribution in [-0.2, 0) is 31.2 Å². The minimum absolute atomic E-state index is 0.0186. The number of thioether (sulfide) groups is 1. The first-order valence-corrected chi connectivity index (χ1v) is 32.0. The van der Waals surface area contributed by atoms with Gasteiger partial charge in [-0.15, -0.1) is 11.8 Å². The molecule has 23 heteroatoms. The quantitative estimate of drug-likeness (QED) is 0.0664. The standard InChI is InChI=1S/C59H67ClF3N9O7S3/c1-58(2)24-20-51(41-8-12-44(60)13-9-41)43(34-58)36-68-28-30-70(31-29-68)46-14-10-42(11-15-46)56(74)67-82(78,79)50-18-19-52(53(33-50)81(76,77)59(61,62)63)65-45(39-80-49-6-4-3-5-7-49)22-26-69-37-47-16-17-48(38-69)72(47)35-40-21-25-64-54(32-40)71-27-23-55(73)66-57(71)75/h3-15,18-19,21,25,32-33,45,47-48,65H,16-17,20,22-24,26-31,34-39H2,1-2H3,(H,67,74)(H,66,73,75)/t45-,47?,48?/m1/s1. The zero-order chi connectivity index (χ0) is 58.0. The summed E-state index contributed by atoms with van der Waals surface area (Å²) in [7, 11) is -11.0. The number of amides is 4. The third-order valence-electron chi connectivity index (χ3n) is 16.3. The number of sulfone groups is 1. The predicted octanol–water partition coefficient (Wildman–Crippen LogP) is 9.69. The number of piperazine rings is 2. The van der Waals surface area contributed by atoms with E-state index in [2.05, 4.69) is 61.2 Å². The molecule has 2 unspecified atom stereocenters. The van der Waals surface area contributed by atoms with Crippen molar-refractivity contribution in [3.05, 3.63) is 143 Å². The van der Waals surface area contributed by atoms with Crippen LogP contribution >= 0.6 is 23.4 Å². The Bertz CT molecular complexity index is 3410. The molecule has 5 heterocycles. The van der Waals surface area contributed by atoms with Gasteiger partial charge in [0.25, 0.3) is 25.8 Å². The molecule has 1 aromatic heterocycles. The molecule has 1 aliphatic carbocycles. The lowest BCUT2D eigenvalue weighted by molar-refractivity contribution is -0.120. The van der Waals surface area contributed by atoms with E-state index in [0.717, 1.165) is 93.1 Å². The Morgan fingerprint density at radius 2 is 1.55 bits per heavy atom. The number of fused-ring (bicyclic) bond motifs is 2. The molecule has 4 aliphatic heterocycles. The Kier molecular flexibility index (Phi) is 17.8. The molecule has 0 radical (unpaired) electrons. The molecule has 0 saturated carbocycles. The van der Waals surface area contributed by atoms with Gasteiger partial charge in [0.05, 0.1) is 10.6 Å². The zero-order valence-electron chi connectivity index (χ0n) is 45.7. The van der Waals surface area contributed by atoms with Crippen molar-refractivity contribution in [2.45, 2.75) is 104 Å². The molecular weight excluding hydrogens is 1140 g/mol. The maximum Gasteiger partial charge on any atom is 0.501 e. The average Bonchev–Trinajstić information content (AvgIpc) is 3.25. The minimum atomic E-state index is -6.13. The first-order valence-electron chi connectivity index (χ1n) is 27.6. The number of nitrogens with zero attached hydrogens (tertiary/aromatic N) is 6. The number of hydrogen-bond acceptors (Lipinski definition) is 14. The Hall–Kier alpha value is -6.01. The van der Waals surface area contributed by atoms with E-state index in [9.17, 15) is 44.4 Å². The van der Waals surface area contributed by atoms with Gasteiger partial charge in [-0.25, -0.2) is 31.3 Å². The first-order chi connectivity index (χ1) is 39.1. The number of hydrogen-bond donors (Lipinski definition) is 3. The van der Waals surface area contributed by atoms with Crippen LogP contribution in [-0.4, -0.2) is 143 Å². The number of imide groups is 1. The average molecular weight is 1200 g/mol. The lowest BCUT2D eigenvalue weighted by Crippen LogP contribution is -2.53. The van der Waals surface area contributed by atoms with Crippen molar-refractivity contribution in [2.24, 2.45) is 5.41 Å². The number of sulfonamides is 1. The predicted molar refractivity (Wildman–Crippen MR) is 313 cm³/mol. The fraction of sp³-hybridized carbons (Fsp3) is 0.424.